The van der Waals surface area contributed by atoms with Crippen LogP contribution in [0.3, 0.4) is 0 Å². The highest BCUT2D eigenvalue weighted by atomic mass is 35.6. The van der Waals surface area contributed by atoms with Gasteiger partial charge in [-0.3, -0.25) is 0 Å². The van der Waals surface area contributed by atoms with Gasteiger partial charge in [-0.2, -0.15) is 0 Å². The maximum absolute atomic E-state index is 7.00. The Balaban J connectivity index is -0.0000000156. The van der Waals surface area contributed by atoms with Gasteiger partial charge in [-0.05, 0) is 0 Å². The van der Waals surface area contributed by atoms with Gasteiger partial charge in [-0.15, -0.1) is 348 Å². The van der Waals surface area contributed by atoms with Crippen LogP contribution in [0.5, 0.6) is 0 Å². The molecule has 47 heavy (non-hydrogen) atoms. The smallest absolute Gasteiger partial charge is 0.0967 e. The minimum atomic E-state index is 0.194. The molecular weight excluding hydrogens is 1270 g/mol. The highest BCUT2D eigenvalue weighted by Gasteiger charge is 1.45. The van der Waals surface area contributed by atoms with Crippen molar-refractivity contribution in [1.29, 1.82) is 0 Å². The Bertz CT molecular complexity index is 108. The SMILES string of the molecule is CO.ClCCl.ClCCl.ClCCl.ClCCl.ClCCl.ClCCl.ClCCl.ClCCl.ClCCl.ClCCl.ClCCl.ClCCl.ClCCl.ClCCl.ClCCl. The molecule has 0 aliphatic rings. The third-order valence-electron chi connectivity index (χ3n) is 0. The van der Waals surface area contributed by atoms with Crippen molar-refractivity contribution in [3.63, 3.8) is 0 Å². The number of hydrogen-bond donors (Lipinski definition) is 1. The summed E-state index contributed by atoms with van der Waals surface area (Å²) in [5.74, 6) is 0. The van der Waals surface area contributed by atoms with E-state index in [1.807, 2.05) is 0 Å². The maximum atomic E-state index is 7.00. The summed E-state index contributed by atoms with van der Waals surface area (Å²) in [6.07, 6.45) is 0. The normalized spacial score (nSPS) is 5.87. The van der Waals surface area contributed by atoms with Gasteiger partial charge in [0, 0.05) is 7.11 Å². The van der Waals surface area contributed by atoms with Crippen molar-refractivity contribution < 1.29 is 5.11 Å². The van der Waals surface area contributed by atoms with E-state index >= 15 is 0 Å². The fraction of sp³-hybridized carbons (Fsp3) is 1.00. The monoisotopic (exact) mass is 1290 g/mol. The summed E-state index contributed by atoms with van der Waals surface area (Å²) in [5, 5.41) is 9.92. The largest absolute Gasteiger partial charge is 0.400 e. The summed E-state index contributed by atoms with van der Waals surface area (Å²) in [4.78, 5) is 0. The first-order valence-corrected chi connectivity index (χ1v) is 24.5. The molecule has 0 aromatic heterocycles. The second-order valence-corrected chi connectivity index (χ2v) is 13.6. The standard InChI is InChI=1S/15CH2Cl2.CH4O/c15*2-1-3;1-2/h15*1H2;2H,1H3. The molecule has 0 spiro atoms. The molecule has 0 unspecified atom stereocenters. The Labute approximate surface area is 433 Å². The van der Waals surface area contributed by atoms with E-state index in [-0.39, 0.29) is 80.1 Å². The minimum Gasteiger partial charge on any atom is -0.400 e. The predicted molar refractivity (Wildman–Crippen MR) is 257 cm³/mol. The fourth-order valence-corrected chi connectivity index (χ4v) is 0. The Morgan fingerprint density at radius 1 is 0.149 bits per heavy atom. The van der Waals surface area contributed by atoms with Crippen molar-refractivity contribution >= 4 is 348 Å². The zero-order chi connectivity index (χ0) is 42.6. The quantitative estimate of drug-likeness (QED) is 0.240. The molecule has 0 saturated heterocycles. The summed E-state index contributed by atoms with van der Waals surface area (Å²) in [6, 6.07) is 0. The molecule has 1 N–H and O–H groups in total. The van der Waals surface area contributed by atoms with Crippen molar-refractivity contribution in [3.8, 4) is 0 Å². The summed E-state index contributed by atoms with van der Waals surface area (Å²) >= 11 is 143. The third kappa shape index (κ3) is 2020. The molecule has 0 atom stereocenters. The van der Waals surface area contributed by atoms with Gasteiger partial charge < -0.3 is 5.11 Å². The van der Waals surface area contributed by atoms with E-state index in [1.165, 1.54) is 0 Å². The second kappa shape index (κ2) is 281. The van der Waals surface area contributed by atoms with Crippen LogP contribution in [0.4, 0.5) is 0 Å². The molecule has 0 fully saturated rings. The van der Waals surface area contributed by atoms with Crippen molar-refractivity contribution in [2.24, 2.45) is 0 Å². The Morgan fingerprint density at radius 2 is 0.149 bits per heavy atom. The molecule has 0 rings (SSSR count). The first-order valence-electron chi connectivity index (χ1n) is 8.47. The molecule has 0 aromatic carbocycles. The van der Waals surface area contributed by atoms with E-state index in [4.69, 9.17) is 353 Å². The van der Waals surface area contributed by atoms with Crippen molar-refractivity contribution in [1.82, 2.24) is 0 Å². The van der Waals surface area contributed by atoms with Gasteiger partial charge in [0.2, 0.25) is 0 Å². The number of alkyl halides is 30. The van der Waals surface area contributed by atoms with Crippen LogP contribution in [-0.2, 0) is 0 Å². The molecule has 0 aliphatic heterocycles. The number of halogens is 30. The summed E-state index contributed by atoms with van der Waals surface area (Å²) in [5.41, 5.74) is 0. The van der Waals surface area contributed by atoms with Gasteiger partial charge in [-0.25, -0.2) is 0 Å². The summed E-state index contributed by atoms with van der Waals surface area (Å²) in [7, 11) is 1.00. The molecule has 0 bridgehead atoms. The number of hydrogen-bond acceptors (Lipinski definition) is 1. The molecule has 0 radical (unpaired) electrons. The van der Waals surface area contributed by atoms with Crippen LogP contribution in [0.25, 0.3) is 0 Å². The highest BCUT2D eigenvalue weighted by Crippen LogP contribution is 1.77. The molecule has 0 aliphatic carbocycles. The lowest BCUT2D eigenvalue weighted by Crippen LogP contribution is -1.25. The predicted octanol–water partition coefficient (Wildman–Crippen LogP) is 20.9. The van der Waals surface area contributed by atoms with E-state index in [1.54, 1.807) is 0 Å². The van der Waals surface area contributed by atoms with Crippen LogP contribution >= 0.6 is 348 Å². The van der Waals surface area contributed by atoms with Crippen LogP contribution in [-0.4, -0.2) is 92.3 Å². The number of rotatable bonds is 0. The fourth-order valence-electron chi connectivity index (χ4n) is 0. The number of aliphatic hydroxyl groups excluding tert-OH is 1. The molecule has 0 aromatic rings. The summed E-state index contributed by atoms with van der Waals surface area (Å²) in [6.45, 7) is 0. The third-order valence-corrected chi connectivity index (χ3v) is 0. The van der Waals surface area contributed by atoms with Gasteiger partial charge in [-0.1, -0.05) is 0 Å². The molecule has 0 heterocycles. The van der Waals surface area contributed by atoms with Crippen LogP contribution < -0.4 is 0 Å². The molecule has 31 heteroatoms. The zero-order valence-electron chi connectivity index (χ0n) is 23.4. The van der Waals surface area contributed by atoms with Crippen molar-refractivity contribution in [2.45, 2.75) is 0 Å². The molecule has 314 valence electrons. The topological polar surface area (TPSA) is 20.2 Å². The van der Waals surface area contributed by atoms with Crippen LogP contribution in [0.15, 0.2) is 0 Å². The Hall–Kier alpha value is 8.66. The lowest BCUT2D eigenvalue weighted by Gasteiger charge is -1.42. The molecular formula is C16H34Cl30O. The van der Waals surface area contributed by atoms with Crippen LogP contribution in [0.2, 0.25) is 0 Å². The molecule has 0 amide bonds. The van der Waals surface area contributed by atoms with Gasteiger partial charge >= 0.3 is 0 Å². The van der Waals surface area contributed by atoms with Crippen molar-refractivity contribution in [2.75, 3.05) is 87.2 Å². The van der Waals surface area contributed by atoms with Crippen molar-refractivity contribution in [3.05, 3.63) is 0 Å². The first-order chi connectivity index (χ1) is 22.2. The highest BCUT2D eigenvalue weighted by molar-refractivity contribution is 6.44. The van der Waals surface area contributed by atoms with E-state index in [2.05, 4.69) is 0 Å². The van der Waals surface area contributed by atoms with Gasteiger partial charge in [0.1, 0.15) is 0 Å². The van der Waals surface area contributed by atoms with Crippen LogP contribution in [0.1, 0.15) is 0 Å². The molecule has 0 saturated carbocycles. The summed E-state index contributed by atoms with van der Waals surface area (Å²) < 4.78 is 0. The van der Waals surface area contributed by atoms with Crippen LogP contribution in [0, 0.1) is 0 Å². The van der Waals surface area contributed by atoms with Gasteiger partial charge in [0.25, 0.3) is 0 Å². The lowest BCUT2D eigenvalue weighted by molar-refractivity contribution is 0.399. The first kappa shape index (κ1) is 106. The Morgan fingerprint density at radius 3 is 0.149 bits per heavy atom. The van der Waals surface area contributed by atoms with Gasteiger partial charge in [0.05, 0.1) is 80.1 Å². The van der Waals surface area contributed by atoms with Gasteiger partial charge in [0.15, 0.2) is 0 Å². The second-order valence-electron chi connectivity index (χ2n) is 1.52. The van der Waals surface area contributed by atoms with E-state index in [0.717, 1.165) is 7.11 Å². The van der Waals surface area contributed by atoms with E-state index < -0.39 is 0 Å². The minimum absolute atomic E-state index is 0.194. The zero-order valence-corrected chi connectivity index (χ0v) is 46.1. The number of aliphatic hydroxyl groups is 1. The Kier molecular flexibility index (Phi) is 632. The molecule has 1 nitrogen and oxygen atoms in total. The van der Waals surface area contributed by atoms with E-state index in [0.29, 0.717) is 0 Å². The average molecular weight is 1310 g/mol. The maximum Gasteiger partial charge on any atom is 0.0967 e. The lowest BCUT2D eigenvalue weighted by atomic mass is 11.8. The average Bonchev–Trinajstić information content (AvgIpc) is 2.96. The van der Waals surface area contributed by atoms with E-state index in [9.17, 15) is 0 Å².